The van der Waals surface area contributed by atoms with E-state index in [1.807, 2.05) is 25.3 Å². The largest absolute Gasteiger partial charge is 0.467 e. The van der Waals surface area contributed by atoms with Crippen LogP contribution in [-0.2, 0) is 6.54 Å². The van der Waals surface area contributed by atoms with E-state index in [4.69, 9.17) is 4.74 Å². The van der Waals surface area contributed by atoms with Gasteiger partial charge in [0, 0.05) is 25.5 Å². The van der Waals surface area contributed by atoms with Gasteiger partial charge in [-0.05, 0) is 18.6 Å². The van der Waals surface area contributed by atoms with Crippen molar-refractivity contribution < 1.29 is 4.74 Å². The molecule has 0 aromatic carbocycles. The second-order valence-corrected chi connectivity index (χ2v) is 3.88. The predicted molar refractivity (Wildman–Crippen MR) is 72.2 cm³/mol. The SMILES string of the molecule is CNc1nc(NCc2ccc(C)nc2)nc(OC)n1. The van der Waals surface area contributed by atoms with Crippen LogP contribution in [0, 0.1) is 6.92 Å². The van der Waals surface area contributed by atoms with Crippen LogP contribution in [-0.4, -0.2) is 34.1 Å². The van der Waals surface area contributed by atoms with Gasteiger partial charge in [0.1, 0.15) is 0 Å². The van der Waals surface area contributed by atoms with Crippen molar-refractivity contribution in [3.8, 4) is 6.01 Å². The van der Waals surface area contributed by atoms with Gasteiger partial charge in [0.15, 0.2) is 0 Å². The quantitative estimate of drug-likeness (QED) is 0.836. The number of pyridine rings is 1. The minimum atomic E-state index is 0.267. The smallest absolute Gasteiger partial charge is 0.322 e. The summed E-state index contributed by atoms with van der Waals surface area (Å²) in [5.41, 5.74) is 2.04. The molecular formula is C12H16N6O. The Balaban J connectivity index is 2.08. The zero-order valence-corrected chi connectivity index (χ0v) is 11.1. The van der Waals surface area contributed by atoms with Crippen LogP contribution in [0.5, 0.6) is 6.01 Å². The van der Waals surface area contributed by atoms with Crippen LogP contribution in [0.2, 0.25) is 0 Å². The number of hydrogen-bond donors (Lipinski definition) is 2. The van der Waals surface area contributed by atoms with Crippen LogP contribution >= 0.6 is 0 Å². The lowest BCUT2D eigenvalue weighted by Crippen LogP contribution is -2.08. The fourth-order valence-corrected chi connectivity index (χ4v) is 1.42. The van der Waals surface area contributed by atoms with Crippen molar-refractivity contribution in [2.75, 3.05) is 24.8 Å². The van der Waals surface area contributed by atoms with Gasteiger partial charge >= 0.3 is 6.01 Å². The summed E-state index contributed by atoms with van der Waals surface area (Å²) in [6.07, 6.45) is 1.82. The maximum absolute atomic E-state index is 5.01. The summed E-state index contributed by atoms with van der Waals surface area (Å²) in [4.78, 5) is 16.6. The van der Waals surface area contributed by atoms with Crippen molar-refractivity contribution in [1.82, 2.24) is 19.9 Å². The number of ether oxygens (including phenoxy) is 1. The molecule has 0 atom stereocenters. The zero-order chi connectivity index (χ0) is 13.7. The Morgan fingerprint density at radius 1 is 1.16 bits per heavy atom. The molecule has 0 amide bonds. The summed E-state index contributed by atoms with van der Waals surface area (Å²) >= 11 is 0. The van der Waals surface area contributed by atoms with Gasteiger partial charge in [-0.3, -0.25) is 4.98 Å². The minimum absolute atomic E-state index is 0.267. The maximum atomic E-state index is 5.01. The van der Waals surface area contributed by atoms with Crippen LogP contribution in [0.4, 0.5) is 11.9 Å². The third kappa shape index (κ3) is 3.51. The molecule has 0 aliphatic heterocycles. The molecule has 0 radical (unpaired) electrons. The molecule has 2 rings (SSSR count). The van der Waals surface area contributed by atoms with Gasteiger partial charge in [0.05, 0.1) is 7.11 Å². The van der Waals surface area contributed by atoms with Gasteiger partial charge in [0.2, 0.25) is 11.9 Å². The molecule has 0 aliphatic rings. The molecule has 0 saturated carbocycles. The van der Waals surface area contributed by atoms with Crippen molar-refractivity contribution >= 4 is 11.9 Å². The number of anilines is 2. The molecule has 2 heterocycles. The number of nitrogens with zero attached hydrogens (tertiary/aromatic N) is 4. The number of aryl methyl sites for hydroxylation is 1. The van der Waals surface area contributed by atoms with E-state index in [1.165, 1.54) is 7.11 Å². The van der Waals surface area contributed by atoms with Gasteiger partial charge < -0.3 is 15.4 Å². The molecule has 2 aromatic heterocycles. The average Bonchev–Trinajstić information content (AvgIpc) is 2.46. The van der Waals surface area contributed by atoms with E-state index >= 15 is 0 Å². The molecular weight excluding hydrogens is 244 g/mol. The van der Waals surface area contributed by atoms with Crippen LogP contribution < -0.4 is 15.4 Å². The molecule has 0 saturated heterocycles. The van der Waals surface area contributed by atoms with Crippen molar-refractivity contribution in [3.63, 3.8) is 0 Å². The summed E-state index contributed by atoms with van der Waals surface area (Å²) < 4.78 is 5.01. The maximum Gasteiger partial charge on any atom is 0.322 e. The highest BCUT2D eigenvalue weighted by atomic mass is 16.5. The fourth-order valence-electron chi connectivity index (χ4n) is 1.42. The Kier molecular flexibility index (Phi) is 4.07. The molecule has 100 valence electrons. The van der Waals surface area contributed by atoms with Crippen molar-refractivity contribution in [2.24, 2.45) is 0 Å². The first kappa shape index (κ1) is 13.0. The van der Waals surface area contributed by atoms with Crippen LogP contribution in [0.3, 0.4) is 0 Å². The van der Waals surface area contributed by atoms with E-state index < -0.39 is 0 Å². The molecule has 2 aromatic rings. The van der Waals surface area contributed by atoms with Crippen LogP contribution in [0.1, 0.15) is 11.3 Å². The summed E-state index contributed by atoms with van der Waals surface area (Å²) in [6.45, 7) is 2.54. The molecule has 19 heavy (non-hydrogen) atoms. The monoisotopic (exact) mass is 260 g/mol. The van der Waals surface area contributed by atoms with E-state index in [1.54, 1.807) is 7.05 Å². The second-order valence-electron chi connectivity index (χ2n) is 3.88. The first-order chi connectivity index (χ1) is 9.21. The number of rotatable bonds is 5. The Labute approximate surface area is 111 Å². The highest BCUT2D eigenvalue weighted by molar-refractivity contribution is 5.36. The first-order valence-corrected chi connectivity index (χ1v) is 5.84. The second kappa shape index (κ2) is 5.94. The van der Waals surface area contributed by atoms with Gasteiger partial charge in [-0.15, -0.1) is 0 Å². The van der Waals surface area contributed by atoms with Gasteiger partial charge in [-0.1, -0.05) is 6.07 Å². The molecule has 7 heteroatoms. The highest BCUT2D eigenvalue weighted by Crippen LogP contribution is 2.11. The normalized spacial score (nSPS) is 10.1. The summed E-state index contributed by atoms with van der Waals surface area (Å²) in [6, 6.07) is 4.24. The van der Waals surface area contributed by atoms with Gasteiger partial charge in [-0.25, -0.2) is 0 Å². The Morgan fingerprint density at radius 3 is 2.58 bits per heavy atom. The molecule has 0 unspecified atom stereocenters. The number of aromatic nitrogens is 4. The van der Waals surface area contributed by atoms with E-state index in [0.29, 0.717) is 18.4 Å². The molecule has 0 spiro atoms. The third-order valence-electron chi connectivity index (χ3n) is 2.44. The Hall–Kier alpha value is -2.44. The summed E-state index contributed by atoms with van der Waals surface area (Å²) in [5, 5.41) is 5.96. The van der Waals surface area contributed by atoms with E-state index in [9.17, 15) is 0 Å². The van der Waals surface area contributed by atoms with Crippen LogP contribution in [0.15, 0.2) is 18.3 Å². The number of hydrogen-bond acceptors (Lipinski definition) is 7. The number of nitrogens with one attached hydrogen (secondary N) is 2. The van der Waals surface area contributed by atoms with E-state index in [0.717, 1.165) is 11.3 Å². The summed E-state index contributed by atoms with van der Waals surface area (Å²) in [5.74, 6) is 0.910. The topological polar surface area (TPSA) is 84.9 Å². The van der Waals surface area contributed by atoms with Gasteiger partial charge in [-0.2, -0.15) is 15.0 Å². The van der Waals surface area contributed by atoms with Crippen molar-refractivity contribution in [2.45, 2.75) is 13.5 Å². The molecule has 0 aliphatic carbocycles. The zero-order valence-electron chi connectivity index (χ0n) is 11.1. The van der Waals surface area contributed by atoms with E-state index in [2.05, 4.69) is 30.6 Å². The highest BCUT2D eigenvalue weighted by Gasteiger charge is 2.05. The molecule has 7 nitrogen and oxygen atoms in total. The Morgan fingerprint density at radius 2 is 1.95 bits per heavy atom. The van der Waals surface area contributed by atoms with Crippen molar-refractivity contribution in [3.05, 3.63) is 29.6 Å². The van der Waals surface area contributed by atoms with Crippen LogP contribution in [0.25, 0.3) is 0 Å². The first-order valence-electron chi connectivity index (χ1n) is 5.84. The Bertz CT molecular complexity index is 520. The lowest BCUT2D eigenvalue weighted by Gasteiger charge is -2.07. The van der Waals surface area contributed by atoms with Crippen molar-refractivity contribution in [1.29, 1.82) is 0 Å². The van der Waals surface area contributed by atoms with E-state index in [-0.39, 0.29) is 6.01 Å². The molecule has 0 fully saturated rings. The third-order valence-corrected chi connectivity index (χ3v) is 2.44. The lowest BCUT2D eigenvalue weighted by molar-refractivity contribution is 0.379. The minimum Gasteiger partial charge on any atom is -0.467 e. The van der Waals surface area contributed by atoms with Gasteiger partial charge in [0.25, 0.3) is 0 Å². The predicted octanol–water partition coefficient (Wildman–Crippen LogP) is 1.24. The summed E-state index contributed by atoms with van der Waals surface area (Å²) in [7, 11) is 3.25. The molecule has 0 bridgehead atoms. The fraction of sp³-hybridized carbons (Fsp3) is 0.333. The molecule has 2 N–H and O–H groups in total. The standard InChI is InChI=1S/C12H16N6O/c1-8-4-5-9(6-14-8)7-15-11-16-10(13-2)17-12(18-11)19-3/h4-6H,7H2,1-3H3,(H2,13,15,16,17,18). The lowest BCUT2D eigenvalue weighted by atomic mass is 10.2. The number of methoxy groups -OCH3 is 1. The average molecular weight is 260 g/mol.